The summed E-state index contributed by atoms with van der Waals surface area (Å²) >= 11 is 0. The molecule has 0 unspecified atom stereocenters. The summed E-state index contributed by atoms with van der Waals surface area (Å²) in [7, 11) is 0. The summed E-state index contributed by atoms with van der Waals surface area (Å²) in [6.45, 7) is 3.92. The molecule has 1 N–H and O–H groups in total. The van der Waals surface area contributed by atoms with Crippen LogP contribution in [0.3, 0.4) is 0 Å². The van der Waals surface area contributed by atoms with Gasteiger partial charge < -0.3 is 10.2 Å². The Morgan fingerprint density at radius 1 is 1.09 bits per heavy atom. The Labute approximate surface area is 132 Å². The maximum absolute atomic E-state index is 12.4. The second-order valence-corrected chi connectivity index (χ2v) is 6.74. The highest BCUT2D eigenvalue weighted by molar-refractivity contribution is 5.92. The van der Waals surface area contributed by atoms with E-state index in [4.69, 9.17) is 0 Å². The van der Waals surface area contributed by atoms with Crippen molar-refractivity contribution in [3.63, 3.8) is 0 Å². The van der Waals surface area contributed by atoms with Gasteiger partial charge in [-0.1, -0.05) is 26.2 Å². The number of likely N-dealkylation sites (tertiary alicyclic amines) is 1. The third-order valence-electron chi connectivity index (χ3n) is 4.90. The zero-order valence-corrected chi connectivity index (χ0v) is 13.4. The Morgan fingerprint density at radius 3 is 2.45 bits per heavy atom. The van der Waals surface area contributed by atoms with Gasteiger partial charge in [0.15, 0.2) is 0 Å². The van der Waals surface area contributed by atoms with Crippen molar-refractivity contribution >= 4 is 11.7 Å². The highest BCUT2D eigenvalue weighted by Crippen LogP contribution is 2.21. The summed E-state index contributed by atoms with van der Waals surface area (Å²) in [5.74, 6) is 1.52. The smallest absolute Gasteiger partial charge is 0.274 e. The first-order valence-corrected chi connectivity index (χ1v) is 8.60. The predicted octanol–water partition coefficient (Wildman–Crippen LogP) is 3.09. The number of nitrogens with zero attached hydrogens (tertiary/aromatic N) is 3. The number of hydrogen-bond acceptors (Lipinski definition) is 4. The number of carbonyl (C=O) groups excluding carboxylic acids is 1. The number of nitrogens with one attached hydrogen (secondary N) is 1. The van der Waals surface area contributed by atoms with Gasteiger partial charge in [-0.25, -0.2) is 9.97 Å². The van der Waals surface area contributed by atoms with E-state index in [1.165, 1.54) is 32.1 Å². The highest BCUT2D eigenvalue weighted by Gasteiger charge is 2.22. The molecule has 0 spiro atoms. The molecule has 1 amide bonds. The third-order valence-corrected chi connectivity index (χ3v) is 4.90. The molecule has 120 valence electrons. The van der Waals surface area contributed by atoms with Gasteiger partial charge >= 0.3 is 0 Å². The number of anilines is 1. The average Bonchev–Trinajstić information content (AvgIpc) is 2.57. The molecule has 1 aliphatic carbocycles. The Balaban J connectivity index is 1.57. The quantitative estimate of drug-likeness (QED) is 0.932. The first-order chi connectivity index (χ1) is 10.7. The third kappa shape index (κ3) is 3.76. The molecule has 3 rings (SSSR count). The number of aromatic nitrogens is 2. The van der Waals surface area contributed by atoms with Gasteiger partial charge in [-0.2, -0.15) is 0 Å². The van der Waals surface area contributed by atoms with E-state index in [9.17, 15) is 4.79 Å². The minimum Gasteiger partial charge on any atom is -0.366 e. The molecule has 1 saturated heterocycles. The lowest BCUT2D eigenvalue weighted by atomic mass is 9.96. The van der Waals surface area contributed by atoms with Crippen molar-refractivity contribution in [2.75, 3.05) is 18.4 Å². The van der Waals surface area contributed by atoms with Crippen LogP contribution in [0.1, 0.15) is 62.4 Å². The maximum Gasteiger partial charge on any atom is 0.274 e. The standard InChI is InChI=1S/C17H26N4O/c1-13-7-9-21(10-8-13)17(22)15-11-19-16(12-18-15)20-14-5-3-2-4-6-14/h11-14H,2-10H2,1H3,(H,19,20). The second kappa shape index (κ2) is 7.07. The van der Waals surface area contributed by atoms with Crippen molar-refractivity contribution in [1.29, 1.82) is 0 Å². The largest absolute Gasteiger partial charge is 0.366 e. The van der Waals surface area contributed by atoms with Crippen LogP contribution in [0, 0.1) is 5.92 Å². The van der Waals surface area contributed by atoms with Gasteiger partial charge in [-0.05, 0) is 31.6 Å². The Morgan fingerprint density at radius 2 is 1.82 bits per heavy atom. The molecular formula is C17H26N4O. The lowest BCUT2D eigenvalue weighted by Crippen LogP contribution is -2.38. The van der Waals surface area contributed by atoms with E-state index < -0.39 is 0 Å². The van der Waals surface area contributed by atoms with E-state index in [1.54, 1.807) is 12.4 Å². The van der Waals surface area contributed by atoms with Crippen LogP contribution in [0.2, 0.25) is 0 Å². The molecule has 1 aliphatic heterocycles. The van der Waals surface area contributed by atoms with E-state index >= 15 is 0 Å². The Hall–Kier alpha value is -1.65. The van der Waals surface area contributed by atoms with Gasteiger partial charge in [-0.15, -0.1) is 0 Å². The van der Waals surface area contributed by atoms with Crippen LogP contribution in [-0.4, -0.2) is 39.9 Å². The number of piperidine rings is 1. The topological polar surface area (TPSA) is 58.1 Å². The van der Waals surface area contributed by atoms with Crippen LogP contribution in [0.25, 0.3) is 0 Å². The molecule has 5 heteroatoms. The molecule has 22 heavy (non-hydrogen) atoms. The van der Waals surface area contributed by atoms with E-state index in [0.717, 1.165) is 37.7 Å². The molecule has 1 aromatic rings. The minimum atomic E-state index is 0.0172. The predicted molar refractivity (Wildman–Crippen MR) is 86.8 cm³/mol. The minimum absolute atomic E-state index is 0.0172. The summed E-state index contributed by atoms with van der Waals surface area (Å²) in [5, 5.41) is 3.43. The normalized spacial score (nSPS) is 20.9. The average molecular weight is 302 g/mol. The fourth-order valence-corrected chi connectivity index (χ4v) is 3.34. The van der Waals surface area contributed by atoms with E-state index in [2.05, 4.69) is 22.2 Å². The molecule has 2 aliphatic rings. The molecule has 5 nitrogen and oxygen atoms in total. The summed E-state index contributed by atoms with van der Waals surface area (Å²) in [6.07, 6.45) is 11.8. The highest BCUT2D eigenvalue weighted by atomic mass is 16.2. The molecule has 1 saturated carbocycles. The first-order valence-electron chi connectivity index (χ1n) is 8.60. The first kappa shape index (κ1) is 15.3. The molecule has 0 atom stereocenters. The Bertz CT molecular complexity index is 488. The molecule has 1 aromatic heterocycles. The van der Waals surface area contributed by atoms with Crippen molar-refractivity contribution in [1.82, 2.24) is 14.9 Å². The van der Waals surface area contributed by atoms with Gasteiger partial charge in [0.2, 0.25) is 0 Å². The number of carbonyl (C=O) groups is 1. The molecule has 0 aromatic carbocycles. The van der Waals surface area contributed by atoms with E-state index in [1.807, 2.05) is 4.90 Å². The summed E-state index contributed by atoms with van der Waals surface area (Å²) in [4.78, 5) is 23.0. The number of hydrogen-bond donors (Lipinski definition) is 1. The lowest BCUT2D eigenvalue weighted by Gasteiger charge is -2.30. The molecule has 0 bridgehead atoms. The zero-order valence-electron chi connectivity index (χ0n) is 13.4. The lowest BCUT2D eigenvalue weighted by molar-refractivity contribution is 0.0691. The van der Waals surface area contributed by atoms with Crippen molar-refractivity contribution in [3.8, 4) is 0 Å². The summed E-state index contributed by atoms with van der Waals surface area (Å²) in [6, 6.07) is 0.508. The fraction of sp³-hybridized carbons (Fsp3) is 0.706. The Kier molecular flexibility index (Phi) is 4.90. The maximum atomic E-state index is 12.4. The van der Waals surface area contributed by atoms with Gasteiger partial charge in [0.1, 0.15) is 11.5 Å². The molecular weight excluding hydrogens is 276 g/mol. The van der Waals surface area contributed by atoms with Crippen LogP contribution in [0.15, 0.2) is 12.4 Å². The van der Waals surface area contributed by atoms with Gasteiger partial charge in [-0.3, -0.25) is 4.79 Å². The van der Waals surface area contributed by atoms with E-state index in [-0.39, 0.29) is 5.91 Å². The molecule has 2 fully saturated rings. The monoisotopic (exact) mass is 302 g/mol. The SMILES string of the molecule is CC1CCN(C(=O)c2cnc(NC3CCCCC3)cn2)CC1. The van der Waals surface area contributed by atoms with Crippen LogP contribution < -0.4 is 5.32 Å². The van der Waals surface area contributed by atoms with Crippen LogP contribution in [-0.2, 0) is 0 Å². The van der Waals surface area contributed by atoms with Crippen molar-refractivity contribution in [3.05, 3.63) is 18.1 Å². The van der Waals surface area contributed by atoms with Crippen molar-refractivity contribution in [2.45, 2.75) is 57.9 Å². The molecule has 2 heterocycles. The van der Waals surface area contributed by atoms with Crippen LogP contribution >= 0.6 is 0 Å². The van der Waals surface area contributed by atoms with Gasteiger partial charge in [0, 0.05) is 19.1 Å². The van der Waals surface area contributed by atoms with Crippen molar-refractivity contribution < 1.29 is 4.79 Å². The van der Waals surface area contributed by atoms with Gasteiger partial charge in [0.05, 0.1) is 12.4 Å². The molecule has 0 radical (unpaired) electrons. The van der Waals surface area contributed by atoms with Crippen LogP contribution in [0.5, 0.6) is 0 Å². The summed E-state index contributed by atoms with van der Waals surface area (Å²) in [5.41, 5.74) is 0.462. The number of rotatable bonds is 3. The zero-order chi connectivity index (χ0) is 15.4. The number of amides is 1. The fourth-order valence-electron chi connectivity index (χ4n) is 3.34. The van der Waals surface area contributed by atoms with E-state index in [0.29, 0.717) is 11.7 Å². The van der Waals surface area contributed by atoms with Gasteiger partial charge in [0.25, 0.3) is 5.91 Å². The summed E-state index contributed by atoms with van der Waals surface area (Å²) < 4.78 is 0. The van der Waals surface area contributed by atoms with Crippen LogP contribution in [0.4, 0.5) is 5.82 Å². The van der Waals surface area contributed by atoms with Crippen molar-refractivity contribution in [2.24, 2.45) is 5.92 Å². The second-order valence-electron chi connectivity index (χ2n) is 6.74.